The zero-order valence-electron chi connectivity index (χ0n) is 13.1. The Labute approximate surface area is 137 Å². The van der Waals surface area contributed by atoms with Crippen molar-refractivity contribution in [2.24, 2.45) is 11.3 Å². The minimum Gasteiger partial charge on any atom is -0.372 e. The second-order valence-electron chi connectivity index (χ2n) is 6.56. The first-order valence-corrected chi connectivity index (χ1v) is 8.49. The number of halogens is 2. The molecule has 1 heterocycles. The van der Waals surface area contributed by atoms with Crippen molar-refractivity contribution >= 4 is 34.8 Å². The van der Waals surface area contributed by atoms with Gasteiger partial charge >= 0.3 is 0 Å². The van der Waals surface area contributed by atoms with Gasteiger partial charge in [-0.1, -0.05) is 49.9 Å². The molecule has 1 aliphatic carbocycles. The lowest BCUT2D eigenvalue weighted by Crippen LogP contribution is -2.29. The summed E-state index contributed by atoms with van der Waals surface area (Å²) in [6.45, 7) is 5.53. The lowest BCUT2D eigenvalue weighted by Gasteiger charge is -2.31. The number of hydrogen-bond donors (Lipinski definition) is 2. The van der Waals surface area contributed by atoms with Gasteiger partial charge in [-0.15, -0.1) is 0 Å². The van der Waals surface area contributed by atoms with Gasteiger partial charge < -0.3 is 10.6 Å². The molecule has 0 saturated heterocycles. The largest absolute Gasteiger partial charge is 0.372 e. The van der Waals surface area contributed by atoms with Gasteiger partial charge in [-0.25, -0.2) is 4.98 Å². The SMILES string of the molecule is CNc1nc(NCC2(CC(C)C)CCCC2)c(Cl)cc1Cl. The van der Waals surface area contributed by atoms with Crippen molar-refractivity contribution in [3.63, 3.8) is 0 Å². The van der Waals surface area contributed by atoms with Crippen LogP contribution in [0, 0.1) is 11.3 Å². The van der Waals surface area contributed by atoms with Crippen molar-refractivity contribution < 1.29 is 0 Å². The summed E-state index contributed by atoms with van der Waals surface area (Å²) in [4.78, 5) is 4.48. The lowest BCUT2D eigenvalue weighted by atomic mass is 9.78. The first-order valence-electron chi connectivity index (χ1n) is 7.73. The van der Waals surface area contributed by atoms with Crippen LogP contribution in [0.25, 0.3) is 0 Å². The molecule has 0 radical (unpaired) electrons. The molecule has 2 N–H and O–H groups in total. The van der Waals surface area contributed by atoms with Crippen LogP contribution in [0.5, 0.6) is 0 Å². The molecule has 5 heteroatoms. The second-order valence-corrected chi connectivity index (χ2v) is 7.37. The van der Waals surface area contributed by atoms with Crippen molar-refractivity contribution in [1.29, 1.82) is 0 Å². The predicted octanol–water partition coefficient (Wildman–Crippen LogP) is 5.45. The monoisotopic (exact) mass is 329 g/mol. The molecule has 0 unspecified atom stereocenters. The van der Waals surface area contributed by atoms with E-state index >= 15 is 0 Å². The molecule has 2 rings (SSSR count). The van der Waals surface area contributed by atoms with E-state index in [1.54, 1.807) is 6.07 Å². The van der Waals surface area contributed by atoms with Crippen LogP contribution in [0.4, 0.5) is 11.6 Å². The molecule has 1 saturated carbocycles. The topological polar surface area (TPSA) is 37.0 Å². The molecule has 0 atom stereocenters. The Kier molecular flexibility index (Phi) is 5.61. The molecular formula is C16H25Cl2N3. The average molecular weight is 330 g/mol. The maximum absolute atomic E-state index is 6.26. The molecule has 0 bridgehead atoms. The second kappa shape index (κ2) is 7.06. The van der Waals surface area contributed by atoms with Gasteiger partial charge in [0.05, 0.1) is 10.0 Å². The van der Waals surface area contributed by atoms with Crippen LogP contribution < -0.4 is 10.6 Å². The third-order valence-corrected chi connectivity index (χ3v) is 4.88. The zero-order chi connectivity index (χ0) is 15.5. The summed E-state index contributed by atoms with van der Waals surface area (Å²) in [6, 6.07) is 1.74. The molecule has 1 aliphatic rings. The number of nitrogens with one attached hydrogen (secondary N) is 2. The molecule has 0 spiro atoms. The summed E-state index contributed by atoms with van der Waals surface area (Å²) in [5, 5.41) is 7.58. The molecule has 0 aromatic carbocycles. The fourth-order valence-electron chi connectivity index (χ4n) is 3.48. The molecule has 0 amide bonds. The van der Waals surface area contributed by atoms with E-state index in [1.807, 2.05) is 7.05 Å². The van der Waals surface area contributed by atoms with E-state index in [4.69, 9.17) is 23.2 Å². The number of hydrogen-bond acceptors (Lipinski definition) is 3. The number of aromatic nitrogens is 1. The Balaban J connectivity index is 2.10. The van der Waals surface area contributed by atoms with Gasteiger partial charge in [0.2, 0.25) is 0 Å². The van der Waals surface area contributed by atoms with Crippen molar-refractivity contribution in [3.8, 4) is 0 Å². The van der Waals surface area contributed by atoms with Gasteiger partial charge in [0.1, 0.15) is 11.6 Å². The Morgan fingerprint density at radius 3 is 2.38 bits per heavy atom. The van der Waals surface area contributed by atoms with Crippen molar-refractivity contribution in [2.75, 3.05) is 24.2 Å². The van der Waals surface area contributed by atoms with Crippen LogP contribution in [0.2, 0.25) is 10.0 Å². The summed E-state index contributed by atoms with van der Waals surface area (Å²) in [5.41, 5.74) is 0.388. The Bertz CT molecular complexity index is 483. The molecule has 118 valence electrons. The highest BCUT2D eigenvalue weighted by molar-refractivity contribution is 6.37. The molecule has 1 aromatic rings. The van der Waals surface area contributed by atoms with E-state index in [0.717, 1.165) is 12.4 Å². The third-order valence-electron chi connectivity index (χ3n) is 4.30. The van der Waals surface area contributed by atoms with E-state index < -0.39 is 0 Å². The summed E-state index contributed by atoms with van der Waals surface area (Å²) in [5.74, 6) is 2.10. The third kappa shape index (κ3) is 4.17. The summed E-state index contributed by atoms with van der Waals surface area (Å²) < 4.78 is 0. The number of rotatable bonds is 6. The number of anilines is 2. The fraction of sp³-hybridized carbons (Fsp3) is 0.688. The molecule has 1 fully saturated rings. The van der Waals surface area contributed by atoms with Gasteiger partial charge in [0.15, 0.2) is 0 Å². The molecular weight excluding hydrogens is 305 g/mol. The highest BCUT2D eigenvalue weighted by Gasteiger charge is 2.34. The zero-order valence-corrected chi connectivity index (χ0v) is 14.6. The Hall–Kier alpha value is -0.670. The van der Waals surface area contributed by atoms with Gasteiger partial charge in [-0.2, -0.15) is 0 Å². The minimum absolute atomic E-state index is 0.388. The van der Waals surface area contributed by atoms with Gasteiger partial charge in [-0.05, 0) is 36.7 Å². The number of pyridine rings is 1. The summed E-state index contributed by atoms with van der Waals surface area (Å²) in [7, 11) is 1.81. The standard InChI is InChI=1S/C16H25Cl2N3/c1-11(2)9-16(6-4-5-7-16)10-20-15-13(18)8-12(17)14(19-3)21-15/h8,11H,4-7,9-10H2,1-3H3,(H2,19,20,21). The van der Waals surface area contributed by atoms with E-state index in [-0.39, 0.29) is 0 Å². The Morgan fingerprint density at radius 2 is 1.81 bits per heavy atom. The molecule has 1 aromatic heterocycles. The van der Waals surface area contributed by atoms with E-state index in [2.05, 4.69) is 29.5 Å². The van der Waals surface area contributed by atoms with Crippen molar-refractivity contribution in [2.45, 2.75) is 46.0 Å². The highest BCUT2D eigenvalue weighted by Crippen LogP contribution is 2.43. The highest BCUT2D eigenvalue weighted by atomic mass is 35.5. The van der Waals surface area contributed by atoms with Crippen molar-refractivity contribution in [1.82, 2.24) is 4.98 Å². The van der Waals surface area contributed by atoms with E-state index in [9.17, 15) is 0 Å². The quantitative estimate of drug-likeness (QED) is 0.728. The maximum Gasteiger partial charge on any atom is 0.147 e. The van der Waals surface area contributed by atoms with Gasteiger partial charge in [-0.3, -0.25) is 0 Å². The Morgan fingerprint density at radius 1 is 1.19 bits per heavy atom. The van der Waals surface area contributed by atoms with Gasteiger partial charge in [0, 0.05) is 13.6 Å². The number of nitrogens with zero attached hydrogens (tertiary/aromatic N) is 1. The predicted molar refractivity (Wildman–Crippen MR) is 92.6 cm³/mol. The smallest absolute Gasteiger partial charge is 0.147 e. The van der Waals surface area contributed by atoms with Crippen LogP contribution in [0.3, 0.4) is 0 Å². The molecule has 21 heavy (non-hydrogen) atoms. The summed E-state index contributed by atoms with van der Waals surface area (Å²) in [6.07, 6.45) is 6.50. The normalized spacial score (nSPS) is 17.2. The average Bonchev–Trinajstić information content (AvgIpc) is 2.86. The van der Waals surface area contributed by atoms with Crippen LogP contribution >= 0.6 is 23.2 Å². The van der Waals surface area contributed by atoms with Gasteiger partial charge in [0.25, 0.3) is 0 Å². The van der Waals surface area contributed by atoms with Crippen LogP contribution in [0.15, 0.2) is 6.07 Å². The molecule has 0 aliphatic heterocycles. The fourth-order valence-corrected chi connectivity index (χ4v) is 4.00. The van der Waals surface area contributed by atoms with Crippen LogP contribution in [0.1, 0.15) is 46.0 Å². The lowest BCUT2D eigenvalue weighted by molar-refractivity contribution is 0.252. The maximum atomic E-state index is 6.26. The van der Waals surface area contributed by atoms with E-state index in [1.165, 1.54) is 32.1 Å². The summed E-state index contributed by atoms with van der Waals surface area (Å²) >= 11 is 12.3. The van der Waals surface area contributed by atoms with Crippen LogP contribution in [-0.2, 0) is 0 Å². The van der Waals surface area contributed by atoms with E-state index in [0.29, 0.717) is 27.2 Å². The van der Waals surface area contributed by atoms with Crippen molar-refractivity contribution in [3.05, 3.63) is 16.1 Å². The molecule has 3 nitrogen and oxygen atoms in total. The first-order chi connectivity index (χ1) is 9.96. The minimum atomic E-state index is 0.388. The first kappa shape index (κ1) is 16.7. The van der Waals surface area contributed by atoms with Crippen LogP contribution in [-0.4, -0.2) is 18.6 Å².